The second-order valence-electron chi connectivity index (χ2n) is 4.37. The van der Waals surface area contributed by atoms with Crippen LogP contribution in [0, 0.1) is 0 Å². The van der Waals surface area contributed by atoms with Crippen LogP contribution in [-0.2, 0) is 16.1 Å². The van der Waals surface area contributed by atoms with Crippen molar-refractivity contribution >= 4 is 0 Å². The van der Waals surface area contributed by atoms with Crippen molar-refractivity contribution in [3.63, 3.8) is 0 Å². The first kappa shape index (κ1) is 11.6. The molecule has 0 saturated carbocycles. The van der Waals surface area contributed by atoms with Crippen LogP contribution in [0.3, 0.4) is 0 Å². The molecule has 2 rings (SSSR count). The Morgan fingerprint density at radius 3 is 2.62 bits per heavy atom. The van der Waals surface area contributed by atoms with E-state index < -0.39 is 0 Å². The van der Waals surface area contributed by atoms with Gasteiger partial charge in [0.25, 0.3) is 0 Å². The first-order chi connectivity index (χ1) is 7.88. The van der Waals surface area contributed by atoms with Crippen LogP contribution < -0.4 is 0 Å². The Morgan fingerprint density at radius 1 is 1.19 bits per heavy atom. The lowest BCUT2D eigenvalue weighted by Crippen LogP contribution is -2.16. The predicted octanol–water partition coefficient (Wildman–Crippen LogP) is 3.16. The van der Waals surface area contributed by atoms with E-state index in [0.717, 1.165) is 19.4 Å². The fourth-order valence-corrected chi connectivity index (χ4v) is 2.09. The van der Waals surface area contributed by atoms with E-state index in [2.05, 4.69) is 19.1 Å². The van der Waals surface area contributed by atoms with Crippen molar-refractivity contribution in [3.8, 4) is 0 Å². The first-order valence-corrected chi connectivity index (χ1v) is 6.15. The summed E-state index contributed by atoms with van der Waals surface area (Å²) in [4.78, 5) is 0. The van der Waals surface area contributed by atoms with E-state index >= 15 is 0 Å². The zero-order valence-electron chi connectivity index (χ0n) is 9.89. The summed E-state index contributed by atoms with van der Waals surface area (Å²) < 4.78 is 11.5. The molecular formula is C14H20O2. The van der Waals surface area contributed by atoms with Crippen LogP contribution in [-0.4, -0.2) is 18.8 Å². The number of hydrogen-bond donors (Lipinski definition) is 0. The van der Waals surface area contributed by atoms with Gasteiger partial charge in [-0.1, -0.05) is 37.3 Å². The van der Waals surface area contributed by atoms with Crippen molar-refractivity contribution in [3.05, 3.63) is 35.9 Å². The molecule has 0 amide bonds. The topological polar surface area (TPSA) is 18.5 Å². The van der Waals surface area contributed by atoms with Gasteiger partial charge in [0.05, 0.1) is 25.4 Å². The fraction of sp³-hybridized carbons (Fsp3) is 0.571. The molecule has 1 saturated heterocycles. The number of hydrogen-bond acceptors (Lipinski definition) is 2. The Kier molecular flexibility index (Phi) is 4.37. The molecule has 0 radical (unpaired) electrons. The number of benzene rings is 1. The van der Waals surface area contributed by atoms with Gasteiger partial charge in [-0.2, -0.15) is 0 Å². The molecule has 2 unspecified atom stereocenters. The summed E-state index contributed by atoms with van der Waals surface area (Å²) in [5.74, 6) is 0. The van der Waals surface area contributed by atoms with Crippen molar-refractivity contribution in [1.29, 1.82) is 0 Å². The van der Waals surface area contributed by atoms with Gasteiger partial charge in [0.1, 0.15) is 0 Å². The minimum absolute atomic E-state index is 0.314. The lowest BCUT2D eigenvalue weighted by molar-refractivity contribution is -0.0203. The quantitative estimate of drug-likeness (QED) is 0.759. The normalized spacial score (nSPS) is 24.8. The van der Waals surface area contributed by atoms with Crippen molar-refractivity contribution in [2.75, 3.05) is 6.61 Å². The van der Waals surface area contributed by atoms with Gasteiger partial charge in [-0.3, -0.25) is 0 Å². The third-order valence-electron chi connectivity index (χ3n) is 3.07. The average Bonchev–Trinajstić information content (AvgIpc) is 2.78. The largest absolute Gasteiger partial charge is 0.374 e. The Labute approximate surface area is 97.6 Å². The van der Waals surface area contributed by atoms with Crippen LogP contribution in [0.25, 0.3) is 0 Å². The second-order valence-corrected chi connectivity index (χ2v) is 4.37. The number of ether oxygens (including phenoxy) is 2. The van der Waals surface area contributed by atoms with Crippen molar-refractivity contribution in [2.24, 2.45) is 0 Å². The van der Waals surface area contributed by atoms with Crippen LogP contribution in [0.2, 0.25) is 0 Å². The third kappa shape index (κ3) is 3.32. The molecule has 0 spiro atoms. The lowest BCUT2D eigenvalue weighted by atomic mass is 10.2. The maximum Gasteiger partial charge on any atom is 0.0813 e. The van der Waals surface area contributed by atoms with E-state index in [1.165, 1.54) is 12.0 Å². The molecule has 1 fully saturated rings. The van der Waals surface area contributed by atoms with Gasteiger partial charge in [-0.05, 0) is 24.8 Å². The summed E-state index contributed by atoms with van der Waals surface area (Å²) in [5, 5.41) is 0. The zero-order valence-corrected chi connectivity index (χ0v) is 9.89. The minimum Gasteiger partial charge on any atom is -0.374 e. The maximum atomic E-state index is 5.82. The molecule has 0 bridgehead atoms. The molecule has 0 aliphatic carbocycles. The standard InChI is InChI=1S/C14H20O2/c1-2-13-8-9-14(16-13)11-15-10-12-6-4-3-5-7-12/h3-7,13-14H,2,8-11H2,1H3. The summed E-state index contributed by atoms with van der Waals surface area (Å²) in [5.41, 5.74) is 1.23. The summed E-state index contributed by atoms with van der Waals surface area (Å²) in [7, 11) is 0. The Bertz CT molecular complexity index is 297. The summed E-state index contributed by atoms with van der Waals surface area (Å²) in [6.45, 7) is 3.60. The van der Waals surface area contributed by atoms with Gasteiger partial charge in [0.2, 0.25) is 0 Å². The van der Waals surface area contributed by atoms with Crippen molar-refractivity contribution in [1.82, 2.24) is 0 Å². The molecule has 1 aliphatic heterocycles. The van der Waals surface area contributed by atoms with Crippen LogP contribution >= 0.6 is 0 Å². The van der Waals surface area contributed by atoms with E-state index in [0.29, 0.717) is 18.8 Å². The Morgan fingerprint density at radius 2 is 1.94 bits per heavy atom. The predicted molar refractivity (Wildman–Crippen MR) is 64.3 cm³/mol. The summed E-state index contributed by atoms with van der Waals surface area (Å²) in [6.07, 6.45) is 4.23. The molecular weight excluding hydrogens is 200 g/mol. The molecule has 0 N–H and O–H groups in total. The second kappa shape index (κ2) is 6.02. The molecule has 1 aromatic rings. The molecule has 2 heteroatoms. The van der Waals surface area contributed by atoms with Crippen LogP contribution in [0.5, 0.6) is 0 Å². The van der Waals surface area contributed by atoms with Crippen molar-refractivity contribution in [2.45, 2.75) is 45.0 Å². The smallest absolute Gasteiger partial charge is 0.0813 e. The molecule has 16 heavy (non-hydrogen) atoms. The highest BCUT2D eigenvalue weighted by atomic mass is 16.5. The van der Waals surface area contributed by atoms with Crippen LogP contribution in [0.1, 0.15) is 31.7 Å². The lowest BCUT2D eigenvalue weighted by Gasteiger charge is -2.12. The van der Waals surface area contributed by atoms with Gasteiger partial charge in [0, 0.05) is 0 Å². The average molecular weight is 220 g/mol. The maximum absolute atomic E-state index is 5.82. The highest BCUT2D eigenvalue weighted by Gasteiger charge is 2.23. The van der Waals surface area contributed by atoms with Gasteiger partial charge in [-0.25, -0.2) is 0 Å². The van der Waals surface area contributed by atoms with Crippen molar-refractivity contribution < 1.29 is 9.47 Å². The van der Waals surface area contributed by atoms with E-state index in [-0.39, 0.29) is 0 Å². The third-order valence-corrected chi connectivity index (χ3v) is 3.07. The SMILES string of the molecule is CCC1CCC(COCc2ccccc2)O1. The Hall–Kier alpha value is -0.860. The molecule has 0 aromatic heterocycles. The highest BCUT2D eigenvalue weighted by Crippen LogP contribution is 2.22. The van der Waals surface area contributed by atoms with Crippen LogP contribution in [0.15, 0.2) is 30.3 Å². The highest BCUT2D eigenvalue weighted by molar-refractivity contribution is 5.13. The van der Waals surface area contributed by atoms with Gasteiger partial charge in [0.15, 0.2) is 0 Å². The fourth-order valence-electron chi connectivity index (χ4n) is 2.09. The van der Waals surface area contributed by atoms with Gasteiger partial charge < -0.3 is 9.47 Å². The summed E-state index contributed by atoms with van der Waals surface area (Å²) >= 11 is 0. The van der Waals surface area contributed by atoms with E-state index in [9.17, 15) is 0 Å². The molecule has 1 heterocycles. The molecule has 2 atom stereocenters. The monoisotopic (exact) mass is 220 g/mol. The van der Waals surface area contributed by atoms with E-state index in [4.69, 9.17) is 9.47 Å². The number of rotatable bonds is 5. The van der Waals surface area contributed by atoms with E-state index in [1.54, 1.807) is 0 Å². The minimum atomic E-state index is 0.314. The zero-order chi connectivity index (χ0) is 11.2. The van der Waals surface area contributed by atoms with Gasteiger partial charge >= 0.3 is 0 Å². The molecule has 1 aromatic carbocycles. The van der Waals surface area contributed by atoms with E-state index in [1.807, 2.05) is 18.2 Å². The van der Waals surface area contributed by atoms with Crippen LogP contribution in [0.4, 0.5) is 0 Å². The molecule has 2 nitrogen and oxygen atoms in total. The summed E-state index contributed by atoms with van der Waals surface area (Å²) in [6, 6.07) is 10.3. The first-order valence-electron chi connectivity index (χ1n) is 6.15. The Balaban J connectivity index is 1.65. The van der Waals surface area contributed by atoms with Gasteiger partial charge in [-0.15, -0.1) is 0 Å². The molecule has 88 valence electrons. The molecule has 1 aliphatic rings.